The number of nitrogens with two attached hydrogens (primary N) is 1. The van der Waals surface area contributed by atoms with Gasteiger partial charge in [0.1, 0.15) is 11.5 Å². The summed E-state index contributed by atoms with van der Waals surface area (Å²) in [6.45, 7) is 2.05. The van der Waals surface area contributed by atoms with Gasteiger partial charge < -0.3 is 9.84 Å². The van der Waals surface area contributed by atoms with Crippen molar-refractivity contribution in [1.82, 2.24) is 5.43 Å². The fourth-order valence-electron chi connectivity index (χ4n) is 1.24. The molecule has 0 amide bonds. The van der Waals surface area contributed by atoms with Crippen LogP contribution in [0.4, 0.5) is 0 Å². The summed E-state index contributed by atoms with van der Waals surface area (Å²) in [4.78, 5) is 8.58. The number of nitrogens with one attached hydrogen (secondary N) is 1. The standard InChI is InChI=1S/C10H12N4OS/c1-2-16-10-12-8(9(13-10)14-11)6-7-4-3-5-15-7/h3-6H,2,11H2,1H3,(H,12,13,14)/b8-6+. The molecular weight excluding hydrogens is 224 g/mol. The van der Waals surface area contributed by atoms with Gasteiger partial charge in [0.15, 0.2) is 11.0 Å². The summed E-state index contributed by atoms with van der Waals surface area (Å²) >= 11 is 1.57. The molecule has 1 aromatic rings. The van der Waals surface area contributed by atoms with Gasteiger partial charge in [-0.2, -0.15) is 0 Å². The number of thioether (sulfide) groups is 1. The van der Waals surface area contributed by atoms with Crippen molar-refractivity contribution < 1.29 is 4.42 Å². The third kappa shape index (κ3) is 2.34. The predicted octanol–water partition coefficient (Wildman–Crippen LogP) is 1.60. The van der Waals surface area contributed by atoms with E-state index in [1.807, 2.05) is 19.1 Å². The van der Waals surface area contributed by atoms with Crippen LogP contribution in [0.2, 0.25) is 0 Å². The highest BCUT2D eigenvalue weighted by Gasteiger charge is 2.15. The van der Waals surface area contributed by atoms with Crippen LogP contribution in [-0.4, -0.2) is 16.8 Å². The second-order valence-electron chi connectivity index (χ2n) is 2.98. The fourth-order valence-corrected chi connectivity index (χ4v) is 1.82. The SMILES string of the molecule is CCSC1=N/C(=C/c2ccco2)C(NN)=N1. The molecule has 0 unspecified atom stereocenters. The molecule has 0 radical (unpaired) electrons. The molecule has 0 spiro atoms. The summed E-state index contributed by atoms with van der Waals surface area (Å²) in [7, 11) is 0. The van der Waals surface area contributed by atoms with Crippen LogP contribution in [0, 0.1) is 0 Å². The van der Waals surface area contributed by atoms with Gasteiger partial charge in [-0.05, 0) is 17.9 Å². The van der Waals surface area contributed by atoms with E-state index in [1.54, 1.807) is 24.1 Å². The van der Waals surface area contributed by atoms with Gasteiger partial charge in [-0.3, -0.25) is 0 Å². The van der Waals surface area contributed by atoms with Crippen LogP contribution < -0.4 is 11.3 Å². The van der Waals surface area contributed by atoms with Crippen molar-refractivity contribution in [3.63, 3.8) is 0 Å². The largest absolute Gasteiger partial charge is 0.465 e. The van der Waals surface area contributed by atoms with Gasteiger partial charge in [-0.15, -0.1) is 0 Å². The van der Waals surface area contributed by atoms with Gasteiger partial charge in [0.2, 0.25) is 0 Å². The van der Waals surface area contributed by atoms with Crippen LogP contribution >= 0.6 is 11.8 Å². The molecule has 16 heavy (non-hydrogen) atoms. The van der Waals surface area contributed by atoms with E-state index in [-0.39, 0.29) is 0 Å². The molecule has 0 aromatic carbocycles. The smallest absolute Gasteiger partial charge is 0.190 e. The Kier molecular flexibility index (Phi) is 3.43. The minimum atomic E-state index is 0.562. The number of aliphatic imine (C=N–C) groups is 2. The van der Waals surface area contributed by atoms with Gasteiger partial charge >= 0.3 is 0 Å². The Hall–Kier alpha value is -1.53. The molecular formula is C10H12N4OS. The topological polar surface area (TPSA) is 75.9 Å². The third-order valence-electron chi connectivity index (χ3n) is 1.90. The molecule has 2 rings (SSSR count). The molecule has 0 fully saturated rings. The average molecular weight is 236 g/mol. The number of rotatable bonds is 2. The van der Waals surface area contributed by atoms with Crippen molar-refractivity contribution in [2.75, 3.05) is 5.75 Å². The normalized spacial score (nSPS) is 17.5. The second-order valence-corrected chi connectivity index (χ2v) is 4.21. The molecule has 0 bridgehead atoms. The zero-order valence-electron chi connectivity index (χ0n) is 8.80. The lowest BCUT2D eigenvalue weighted by Gasteiger charge is -1.97. The van der Waals surface area contributed by atoms with Crippen molar-refractivity contribution in [2.24, 2.45) is 15.8 Å². The summed E-state index contributed by atoms with van der Waals surface area (Å²) < 4.78 is 5.21. The van der Waals surface area contributed by atoms with Crippen LogP contribution in [0.1, 0.15) is 12.7 Å². The molecule has 0 saturated heterocycles. The molecule has 0 saturated carbocycles. The lowest BCUT2D eigenvalue weighted by atomic mass is 10.3. The molecule has 5 nitrogen and oxygen atoms in total. The Balaban J connectivity index is 2.24. The van der Waals surface area contributed by atoms with E-state index in [9.17, 15) is 0 Å². The molecule has 2 heterocycles. The Morgan fingerprint density at radius 1 is 1.56 bits per heavy atom. The lowest BCUT2D eigenvalue weighted by molar-refractivity contribution is 0.556. The van der Waals surface area contributed by atoms with Crippen molar-refractivity contribution in [2.45, 2.75) is 6.92 Å². The van der Waals surface area contributed by atoms with E-state index in [0.717, 1.165) is 11.5 Å². The average Bonchev–Trinajstić information content (AvgIpc) is 2.89. The Morgan fingerprint density at radius 2 is 2.44 bits per heavy atom. The van der Waals surface area contributed by atoms with Crippen LogP contribution in [0.15, 0.2) is 38.5 Å². The number of nitrogens with zero attached hydrogens (tertiary/aromatic N) is 2. The third-order valence-corrected chi connectivity index (χ3v) is 2.63. The van der Waals surface area contributed by atoms with Crippen LogP contribution in [0.25, 0.3) is 6.08 Å². The highest BCUT2D eigenvalue weighted by atomic mass is 32.2. The van der Waals surface area contributed by atoms with Crippen LogP contribution in [0.5, 0.6) is 0 Å². The van der Waals surface area contributed by atoms with Crippen LogP contribution in [-0.2, 0) is 0 Å². The van der Waals surface area contributed by atoms with Crippen molar-refractivity contribution in [1.29, 1.82) is 0 Å². The van der Waals surface area contributed by atoms with Crippen molar-refractivity contribution >= 4 is 28.8 Å². The maximum absolute atomic E-state index is 5.38. The number of hydrazine groups is 1. The minimum absolute atomic E-state index is 0.562. The zero-order chi connectivity index (χ0) is 11.4. The first kappa shape index (κ1) is 11.0. The molecule has 1 aliphatic rings. The number of furan rings is 1. The van der Waals surface area contributed by atoms with E-state index < -0.39 is 0 Å². The second kappa shape index (κ2) is 5.00. The quantitative estimate of drug-likeness (QED) is 0.604. The van der Waals surface area contributed by atoms with Gasteiger partial charge in [0.05, 0.1) is 6.26 Å². The number of hydrogen-bond donors (Lipinski definition) is 2. The highest BCUT2D eigenvalue weighted by molar-refractivity contribution is 8.13. The molecule has 84 valence electrons. The van der Waals surface area contributed by atoms with E-state index in [2.05, 4.69) is 15.4 Å². The fraction of sp³-hybridized carbons (Fsp3) is 0.200. The summed E-state index contributed by atoms with van der Waals surface area (Å²) in [6, 6.07) is 3.67. The van der Waals surface area contributed by atoms with E-state index >= 15 is 0 Å². The zero-order valence-corrected chi connectivity index (χ0v) is 9.62. The molecule has 0 atom stereocenters. The van der Waals surface area contributed by atoms with Crippen LogP contribution in [0.3, 0.4) is 0 Å². The molecule has 1 aromatic heterocycles. The van der Waals surface area contributed by atoms with Gasteiger partial charge in [-0.25, -0.2) is 15.8 Å². The molecule has 3 N–H and O–H groups in total. The number of hydrogen-bond acceptors (Lipinski definition) is 6. The van der Waals surface area contributed by atoms with Gasteiger partial charge in [0, 0.05) is 6.08 Å². The summed E-state index contributed by atoms with van der Waals surface area (Å²) in [5.74, 6) is 7.59. The number of amidine groups is 2. The van der Waals surface area contributed by atoms with Crippen molar-refractivity contribution in [3.05, 3.63) is 29.9 Å². The monoisotopic (exact) mass is 236 g/mol. The first-order valence-corrected chi connectivity index (χ1v) is 5.84. The summed E-state index contributed by atoms with van der Waals surface area (Å²) in [5.41, 5.74) is 3.22. The Labute approximate surface area is 97.5 Å². The minimum Gasteiger partial charge on any atom is -0.465 e. The first-order valence-electron chi connectivity index (χ1n) is 4.86. The maximum Gasteiger partial charge on any atom is 0.190 e. The van der Waals surface area contributed by atoms with Gasteiger partial charge in [-0.1, -0.05) is 18.7 Å². The molecule has 0 aliphatic carbocycles. The maximum atomic E-state index is 5.38. The molecule has 1 aliphatic heterocycles. The first-order chi connectivity index (χ1) is 7.83. The summed E-state index contributed by atoms with van der Waals surface area (Å²) in [5, 5.41) is 0.716. The van der Waals surface area contributed by atoms with E-state index in [1.165, 1.54) is 0 Å². The van der Waals surface area contributed by atoms with E-state index in [0.29, 0.717) is 16.7 Å². The van der Waals surface area contributed by atoms with Crippen molar-refractivity contribution in [3.8, 4) is 0 Å². The van der Waals surface area contributed by atoms with E-state index in [4.69, 9.17) is 10.3 Å². The Morgan fingerprint density at radius 3 is 3.06 bits per heavy atom. The molecule has 6 heteroatoms. The lowest BCUT2D eigenvalue weighted by Crippen LogP contribution is -2.30. The van der Waals surface area contributed by atoms with Gasteiger partial charge in [0.25, 0.3) is 0 Å². The highest BCUT2D eigenvalue weighted by Crippen LogP contribution is 2.19. The summed E-state index contributed by atoms with van der Waals surface area (Å²) in [6.07, 6.45) is 3.40. The predicted molar refractivity (Wildman–Crippen MR) is 67.0 cm³/mol. The Bertz CT molecular complexity index is 447.